The third kappa shape index (κ3) is 2.52. The lowest BCUT2D eigenvalue weighted by Gasteiger charge is -2.29. The highest BCUT2D eigenvalue weighted by molar-refractivity contribution is 5.21. The van der Waals surface area contributed by atoms with E-state index in [0.29, 0.717) is 23.9 Å². The summed E-state index contributed by atoms with van der Waals surface area (Å²) in [6.07, 6.45) is 12.0. The Morgan fingerprint density at radius 2 is 1.94 bits per heavy atom. The maximum absolute atomic E-state index is 9.66. The van der Waals surface area contributed by atoms with Crippen LogP contribution in [0.25, 0.3) is 0 Å². The molecule has 2 aliphatic carbocycles. The molecule has 104 valence electrons. The Bertz CT molecular complexity index is 301. The molecule has 0 aromatic carbocycles. The number of rotatable bonds is 5. The lowest BCUT2D eigenvalue weighted by molar-refractivity contribution is 0.187. The smallest absolute Gasteiger partial charge is 0.0470 e. The zero-order valence-corrected chi connectivity index (χ0v) is 12.4. The summed E-state index contributed by atoms with van der Waals surface area (Å²) in [5, 5.41) is 9.66. The summed E-state index contributed by atoms with van der Waals surface area (Å²) >= 11 is 0. The van der Waals surface area contributed by atoms with E-state index in [2.05, 4.69) is 26.8 Å². The van der Waals surface area contributed by atoms with E-state index in [1.807, 2.05) is 0 Å². The summed E-state index contributed by atoms with van der Waals surface area (Å²) in [5.41, 5.74) is 1.94. The van der Waals surface area contributed by atoms with E-state index in [0.717, 1.165) is 5.92 Å². The summed E-state index contributed by atoms with van der Waals surface area (Å²) in [6.45, 7) is 7.32. The molecule has 0 radical (unpaired) electrons. The maximum atomic E-state index is 9.66. The van der Waals surface area contributed by atoms with Crippen LogP contribution in [-0.2, 0) is 0 Å². The lowest BCUT2D eigenvalue weighted by atomic mass is 9.76. The number of hydrogen-bond donors (Lipinski definition) is 1. The summed E-state index contributed by atoms with van der Waals surface area (Å²) < 4.78 is 0. The largest absolute Gasteiger partial charge is 0.396 e. The SMILES string of the molecule is CCC/C(C)=C/[C@@H]1[C@H](CO)[C@@]1(C)C1CCCCC1. The normalized spacial score (nSPS) is 37.9. The van der Waals surface area contributed by atoms with Crippen LogP contribution >= 0.6 is 0 Å². The summed E-state index contributed by atoms with van der Waals surface area (Å²) in [6, 6.07) is 0. The van der Waals surface area contributed by atoms with Gasteiger partial charge in [-0.15, -0.1) is 0 Å². The second-order valence-corrected chi connectivity index (χ2v) is 6.78. The van der Waals surface area contributed by atoms with Crippen molar-refractivity contribution in [3.05, 3.63) is 11.6 Å². The average molecular weight is 250 g/mol. The van der Waals surface area contributed by atoms with Crippen molar-refractivity contribution in [3.63, 3.8) is 0 Å². The first-order valence-corrected chi connectivity index (χ1v) is 7.92. The van der Waals surface area contributed by atoms with Crippen LogP contribution in [0.15, 0.2) is 11.6 Å². The van der Waals surface area contributed by atoms with Crippen molar-refractivity contribution in [1.82, 2.24) is 0 Å². The number of aliphatic hydroxyl groups excluding tert-OH is 1. The van der Waals surface area contributed by atoms with E-state index in [-0.39, 0.29) is 0 Å². The Hall–Kier alpha value is -0.300. The van der Waals surface area contributed by atoms with Crippen LogP contribution in [0.1, 0.15) is 65.7 Å². The molecule has 0 spiro atoms. The van der Waals surface area contributed by atoms with Gasteiger partial charge in [0.05, 0.1) is 0 Å². The van der Waals surface area contributed by atoms with Crippen molar-refractivity contribution in [2.75, 3.05) is 6.61 Å². The van der Waals surface area contributed by atoms with Gasteiger partial charge in [-0.1, -0.05) is 51.2 Å². The molecule has 18 heavy (non-hydrogen) atoms. The number of allylic oxidation sites excluding steroid dienone is 2. The van der Waals surface area contributed by atoms with E-state index >= 15 is 0 Å². The van der Waals surface area contributed by atoms with Crippen molar-refractivity contribution in [3.8, 4) is 0 Å². The average Bonchev–Trinajstić information content (AvgIpc) is 2.96. The van der Waals surface area contributed by atoms with Crippen molar-refractivity contribution < 1.29 is 5.11 Å². The highest BCUT2D eigenvalue weighted by atomic mass is 16.3. The van der Waals surface area contributed by atoms with Crippen LogP contribution in [0, 0.1) is 23.2 Å². The van der Waals surface area contributed by atoms with Gasteiger partial charge in [0.25, 0.3) is 0 Å². The van der Waals surface area contributed by atoms with Crippen molar-refractivity contribution >= 4 is 0 Å². The molecule has 0 heterocycles. The molecule has 0 bridgehead atoms. The Kier molecular flexibility index (Phi) is 4.53. The van der Waals surface area contributed by atoms with Crippen molar-refractivity contribution in [1.29, 1.82) is 0 Å². The van der Waals surface area contributed by atoms with Gasteiger partial charge in [-0.25, -0.2) is 0 Å². The monoisotopic (exact) mass is 250 g/mol. The maximum Gasteiger partial charge on any atom is 0.0470 e. The zero-order valence-electron chi connectivity index (χ0n) is 12.4. The number of hydrogen-bond acceptors (Lipinski definition) is 1. The molecular formula is C17H30O. The Balaban J connectivity index is 2.05. The van der Waals surface area contributed by atoms with Gasteiger partial charge in [0.15, 0.2) is 0 Å². The molecule has 2 rings (SSSR count). The predicted molar refractivity (Wildman–Crippen MR) is 77.4 cm³/mol. The first-order chi connectivity index (χ1) is 8.64. The lowest BCUT2D eigenvalue weighted by Crippen LogP contribution is -2.20. The van der Waals surface area contributed by atoms with Gasteiger partial charge in [0.1, 0.15) is 0 Å². The minimum atomic E-state index is 0.383. The Morgan fingerprint density at radius 1 is 1.28 bits per heavy atom. The first-order valence-electron chi connectivity index (χ1n) is 7.92. The van der Waals surface area contributed by atoms with Gasteiger partial charge in [0.2, 0.25) is 0 Å². The van der Waals surface area contributed by atoms with Crippen LogP contribution in [0.3, 0.4) is 0 Å². The first kappa shape index (κ1) is 14.1. The molecule has 2 aliphatic rings. The molecule has 0 saturated heterocycles. The second kappa shape index (κ2) is 5.77. The van der Waals surface area contributed by atoms with Crippen molar-refractivity contribution in [2.45, 2.75) is 65.7 Å². The van der Waals surface area contributed by atoms with E-state index in [1.165, 1.54) is 50.5 Å². The van der Waals surface area contributed by atoms with Gasteiger partial charge < -0.3 is 5.11 Å². The highest BCUT2D eigenvalue weighted by Crippen LogP contribution is 2.66. The van der Waals surface area contributed by atoms with Gasteiger partial charge in [-0.05, 0) is 49.4 Å². The molecule has 0 amide bonds. The fraction of sp³-hybridized carbons (Fsp3) is 0.882. The highest BCUT2D eigenvalue weighted by Gasteiger charge is 2.62. The zero-order chi connectivity index (χ0) is 13.2. The summed E-state index contributed by atoms with van der Waals surface area (Å²) in [7, 11) is 0. The third-order valence-electron chi connectivity index (χ3n) is 5.63. The molecule has 1 nitrogen and oxygen atoms in total. The summed E-state index contributed by atoms with van der Waals surface area (Å²) in [4.78, 5) is 0. The van der Waals surface area contributed by atoms with Gasteiger partial charge in [-0.3, -0.25) is 0 Å². The predicted octanol–water partition coefficient (Wildman–Crippen LogP) is 4.56. The van der Waals surface area contributed by atoms with Crippen LogP contribution in [0.2, 0.25) is 0 Å². The molecular weight excluding hydrogens is 220 g/mol. The Morgan fingerprint density at radius 3 is 2.50 bits per heavy atom. The standard InChI is InChI=1S/C17H30O/c1-4-8-13(2)11-15-16(12-18)17(15,3)14-9-6-5-7-10-14/h11,14-16,18H,4-10,12H2,1-3H3/b13-11+/t15-,16+,17+/m1/s1. The van der Waals surface area contributed by atoms with E-state index in [9.17, 15) is 5.11 Å². The van der Waals surface area contributed by atoms with Gasteiger partial charge in [-0.2, -0.15) is 0 Å². The Labute approximate surface area is 113 Å². The van der Waals surface area contributed by atoms with E-state index in [4.69, 9.17) is 0 Å². The van der Waals surface area contributed by atoms with Crippen LogP contribution in [0.5, 0.6) is 0 Å². The molecule has 3 atom stereocenters. The molecule has 2 fully saturated rings. The molecule has 0 aromatic heterocycles. The third-order valence-corrected chi connectivity index (χ3v) is 5.63. The number of aliphatic hydroxyl groups is 1. The van der Waals surface area contributed by atoms with E-state index < -0.39 is 0 Å². The molecule has 2 saturated carbocycles. The fourth-order valence-electron chi connectivity index (χ4n) is 4.35. The second-order valence-electron chi connectivity index (χ2n) is 6.78. The molecule has 1 heteroatoms. The minimum Gasteiger partial charge on any atom is -0.396 e. The minimum absolute atomic E-state index is 0.383. The van der Waals surface area contributed by atoms with Crippen LogP contribution < -0.4 is 0 Å². The molecule has 0 aliphatic heterocycles. The van der Waals surface area contributed by atoms with Gasteiger partial charge in [0, 0.05) is 6.61 Å². The molecule has 0 unspecified atom stereocenters. The van der Waals surface area contributed by atoms with Crippen LogP contribution in [-0.4, -0.2) is 11.7 Å². The quantitative estimate of drug-likeness (QED) is 0.709. The summed E-state index contributed by atoms with van der Waals surface area (Å²) in [5.74, 6) is 2.05. The van der Waals surface area contributed by atoms with Crippen LogP contribution in [0.4, 0.5) is 0 Å². The van der Waals surface area contributed by atoms with E-state index in [1.54, 1.807) is 0 Å². The topological polar surface area (TPSA) is 20.2 Å². The fourth-order valence-corrected chi connectivity index (χ4v) is 4.35. The molecule has 0 aromatic rings. The van der Waals surface area contributed by atoms with Gasteiger partial charge >= 0.3 is 0 Å². The van der Waals surface area contributed by atoms with Crippen molar-refractivity contribution in [2.24, 2.45) is 23.2 Å². The molecule has 1 N–H and O–H groups in total.